The lowest BCUT2D eigenvalue weighted by atomic mass is 10.0. The van der Waals surface area contributed by atoms with Crippen LogP contribution in [0.5, 0.6) is 0 Å². The zero-order valence-electron chi connectivity index (χ0n) is 7.05. The average Bonchev–Trinajstić information content (AvgIpc) is 1.93. The van der Waals surface area contributed by atoms with Crippen molar-refractivity contribution in [3.8, 4) is 0 Å². The van der Waals surface area contributed by atoms with Gasteiger partial charge in [-0.05, 0) is 26.3 Å². The fourth-order valence-electron chi connectivity index (χ4n) is 1.59. The van der Waals surface area contributed by atoms with Gasteiger partial charge in [-0.15, -0.1) is 0 Å². The maximum atomic E-state index is 5.48. The van der Waals surface area contributed by atoms with Crippen LogP contribution in [0, 0.1) is 0 Å². The molecule has 0 amide bonds. The van der Waals surface area contributed by atoms with Crippen molar-refractivity contribution in [2.24, 2.45) is 5.73 Å². The largest absolute Gasteiger partial charge is 0.392 e. The first-order valence-corrected chi connectivity index (χ1v) is 4.63. The van der Waals surface area contributed by atoms with E-state index in [1.165, 1.54) is 25.8 Å². The van der Waals surface area contributed by atoms with Crippen LogP contribution in [-0.4, -0.2) is 29.0 Å². The van der Waals surface area contributed by atoms with E-state index in [9.17, 15) is 0 Å². The molecule has 0 aromatic rings. The molecule has 2 N–H and O–H groups in total. The third-order valence-electron chi connectivity index (χ3n) is 2.30. The number of likely N-dealkylation sites (tertiary alicyclic amines) is 1. The lowest BCUT2D eigenvalue weighted by molar-refractivity contribution is 0.185. The van der Waals surface area contributed by atoms with Crippen molar-refractivity contribution in [3.05, 3.63) is 0 Å². The Morgan fingerprint density at radius 3 is 2.91 bits per heavy atom. The second-order valence-electron chi connectivity index (χ2n) is 3.28. The Bertz CT molecular complexity index is 147. The van der Waals surface area contributed by atoms with Crippen LogP contribution < -0.4 is 5.73 Å². The third-order valence-corrected chi connectivity index (χ3v) is 2.43. The van der Waals surface area contributed by atoms with E-state index in [2.05, 4.69) is 11.8 Å². The summed E-state index contributed by atoms with van der Waals surface area (Å²) in [6.45, 7) is 4.21. The fraction of sp³-hybridized carbons (Fsp3) is 0.875. The maximum absolute atomic E-state index is 5.48. The summed E-state index contributed by atoms with van der Waals surface area (Å²) in [5.41, 5.74) is 5.48. The molecular formula is C8H16N2S. The Morgan fingerprint density at radius 1 is 1.64 bits per heavy atom. The normalized spacial score (nSPS) is 26.8. The molecule has 1 atom stereocenters. The maximum Gasteiger partial charge on any atom is 0.0870 e. The summed E-state index contributed by atoms with van der Waals surface area (Å²) in [7, 11) is 0. The molecule has 1 aliphatic heterocycles. The topological polar surface area (TPSA) is 29.3 Å². The van der Waals surface area contributed by atoms with Crippen LogP contribution in [0.25, 0.3) is 0 Å². The lowest BCUT2D eigenvalue weighted by Crippen LogP contribution is -2.42. The Balaban J connectivity index is 2.35. The highest BCUT2D eigenvalue weighted by atomic mass is 32.1. The minimum atomic E-state index is 0.624. The monoisotopic (exact) mass is 172 g/mol. The molecule has 0 aromatic heterocycles. The van der Waals surface area contributed by atoms with Crippen LogP contribution >= 0.6 is 12.2 Å². The van der Waals surface area contributed by atoms with Crippen molar-refractivity contribution in [1.82, 2.24) is 4.90 Å². The van der Waals surface area contributed by atoms with Crippen molar-refractivity contribution in [1.29, 1.82) is 0 Å². The molecule has 0 radical (unpaired) electrons. The highest BCUT2D eigenvalue weighted by molar-refractivity contribution is 7.80. The Labute approximate surface area is 73.7 Å². The van der Waals surface area contributed by atoms with Crippen LogP contribution in [0.4, 0.5) is 0 Å². The van der Waals surface area contributed by atoms with Crippen molar-refractivity contribution in [2.45, 2.75) is 32.2 Å². The van der Waals surface area contributed by atoms with Gasteiger partial charge in [0.1, 0.15) is 0 Å². The molecule has 1 aliphatic rings. The first-order chi connectivity index (χ1) is 5.20. The van der Waals surface area contributed by atoms with E-state index >= 15 is 0 Å². The van der Waals surface area contributed by atoms with Crippen molar-refractivity contribution in [3.63, 3.8) is 0 Å². The molecule has 11 heavy (non-hydrogen) atoms. The van der Waals surface area contributed by atoms with Crippen molar-refractivity contribution < 1.29 is 0 Å². The molecule has 1 rings (SSSR count). The van der Waals surface area contributed by atoms with Crippen LogP contribution in [-0.2, 0) is 0 Å². The third kappa shape index (κ3) is 2.75. The zero-order chi connectivity index (χ0) is 8.27. The van der Waals surface area contributed by atoms with Crippen molar-refractivity contribution in [2.75, 3.05) is 13.1 Å². The van der Waals surface area contributed by atoms with Gasteiger partial charge >= 0.3 is 0 Å². The molecule has 0 unspecified atom stereocenters. The predicted octanol–water partition coefficient (Wildman–Crippen LogP) is 1.15. The summed E-state index contributed by atoms with van der Waals surface area (Å²) in [6.07, 6.45) is 3.95. The zero-order valence-corrected chi connectivity index (χ0v) is 7.86. The van der Waals surface area contributed by atoms with Gasteiger partial charge in [-0.3, -0.25) is 4.90 Å². The fourth-order valence-corrected chi connectivity index (χ4v) is 1.76. The second-order valence-corrected chi connectivity index (χ2v) is 3.81. The SMILES string of the molecule is C[C@@H]1CCCCN1CC(N)=S. The number of thiocarbonyl (C=S) groups is 1. The summed E-state index contributed by atoms with van der Waals surface area (Å²) in [5.74, 6) is 0. The smallest absolute Gasteiger partial charge is 0.0870 e. The molecule has 0 aliphatic carbocycles. The summed E-state index contributed by atoms with van der Waals surface area (Å²) in [4.78, 5) is 2.99. The van der Waals surface area contributed by atoms with Gasteiger partial charge in [-0.25, -0.2) is 0 Å². The van der Waals surface area contributed by atoms with Gasteiger partial charge in [0.25, 0.3) is 0 Å². The Kier molecular flexibility index (Phi) is 3.27. The minimum absolute atomic E-state index is 0.624. The number of nitrogens with two attached hydrogens (primary N) is 1. The van der Waals surface area contributed by atoms with Gasteiger partial charge in [0.05, 0.1) is 4.99 Å². The average molecular weight is 172 g/mol. The molecule has 1 fully saturated rings. The lowest BCUT2D eigenvalue weighted by Gasteiger charge is -2.32. The molecule has 1 heterocycles. The van der Waals surface area contributed by atoms with E-state index in [0.29, 0.717) is 11.0 Å². The first-order valence-electron chi connectivity index (χ1n) is 4.22. The van der Waals surface area contributed by atoms with E-state index in [1.54, 1.807) is 0 Å². The predicted molar refractivity (Wildman–Crippen MR) is 51.7 cm³/mol. The summed E-state index contributed by atoms with van der Waals surface area (Å²) < 4.78 is 0. The highest BCUT2D eigenvalue weighted by Gasteiger charge is 2.17. The number of piperidine rings is 1. The first kappa shape index (κ1) is 8.94. The number of nitrogens with zero attached hydrogens (tertiary/aromatic N) is 1. The van der Waals surface area contributed by atoms with E-state index in [4.69, 9.17) is 18.0 Å². The number of rotatable bonds is 2. The summed E-state index contributed by atoms with van der Waals surface area (Å²) >= 11 is 4.87. The van der Waals surface area contributed by atoms with Gasteiger partial charge in [0.2, 0.25) is 0 Å². The number of hydrogen-bond acceptors (Lipinski definition) is 2. The molecule has 0 saturated carbocycles. The van der Waals surface area contributed by atoms with Crippen molar-refractivity contribution >= 4 is 17.2 Å². The standard InChI is InChI=1S/C8H16N2S/c1-7-4-2-3-5-10(7)6-8(9)11/h7H,2-6H2,1H3,(H2,9,11)/t7-/m1/s1. The molecule has 1 saturated heterocycles. The molecule has 2 nitrogen and oxygen atoms in total. The van der Waals surface area contributed by atoms with Gasteiger partial charge in [-0.1, -0.05) is 18.6 Å². The summed E-state index contributed by atoms with van der Waals surface area (Å²) in [6, 6.07) is 0.672. The Hall–Kier alpha value is -0.150. The number of hydrogen-bond donors (Lipinski definition) is 1. The molecule has 3 heteroatoms. The molecule has 0 aromatic carbocycles. The second kappa shape index (κ2) is 4.02. The van der Waals surface area contributed by atoms with Gasteiger partial charge < -0.3 is 5.73 Å². The van der Waals surface area contributed by atoms with E-state index < -0.39 is 0 Å². The molecule has 0 bridgehead atoms. The minimum Gasteiger partial charge on any atom is -0.392 e. The van der Waals surface area contributed by atoms with Crippen LogP contribution in [0.1, 0.15) is 26.2 Å². The van der Waals surface area contributed by atoms with E-state index in [0.717, 1.165) is 6.54 Å². The highest BCUT2D eigenvalue weighted by Crippen LogP contribution is 2.15. The molecule has 64 valence electrons. The van der Waals surface area contributed by atoms with Crippen LogP contribution in [0.15, 0.2) is 0 Å². The van der Waals surface area contributed by atoms with Gasteiger partial charge in [0, 0.05) is 12.6 Å². The Morgan fingerprint density at radius 2 is 2.36 bits per heavy atom. The quantitative estimate of drug-likeness (QED) is 0.634. The van der Waals surface area contributed by atoms with E-state index in [-0.39, 0.29) is 0 Å². The van der Waals surface area contributed by atoms with Gasteiger partial charge in [-0.2, -0.15) is 0 Å². The molecule has 0 spiro atoms. The molecular weight excluding hydrogens is 156 g/mol. The van der Waals surface area contributed by atoms with E-state index in [1.807, 2.05) is 0 Å². The van der Waals surface area contributed by atoms with Crippen LogP contribution in [0.3, 0.4) is 0 Å². The van der Waals surface area contributed by atoms with Gasteiger partial charge in [0.15, 0.2) is 0 Å². The summed E-state index contributed by atoms with van der Waals surface area (Å²) in [5, 5.41) is 0. The van der Waals surface area contributed by atoms with Crippen LogP contribution in [0.2, 0.25) is 0 Å².